The van der Waals surface area contributed by atoms with Crippen LogP contribution >= 0.6 is 0 Å². The average molecular weight is 213 g/mol. The Hall–Kier alpha value is -2.03. The van der Waals surface area contributed by atoms with E-state index in [1.54, 1.807) is 12.3 Å². The first-order chi connectivity index (χ1) is 7.75. The van der Waals surface area contributed by atoms with Gasteiger partial charge in [0.05, 0.1) is 0 Å². The molecule has 0 aliphatic heterocycles. The van der Waals surface area contributed by atoms with Crippen LogP contribution in [0, 0.1) is 0 Å². The van der Waals surface area contributed by atoms with Crippen molar-refractivity contribution in [3.8, 4) is 0 Å². The van der Waals surface area contributed by atoms with Crippen LogP contribution in [0.4, 0.5) is 11.5 Å². The molecule has 0 spiro atoms. The van der Waals surface area contributed by atoms with Crippen LogP contribution < -0.4 is 11.1 Å². The van der Waals surface area contributed by atoms with Crippen molar-refractivity contribution in [2.45, 2.75) is 13.0 Å². The van der Waals surface area contributed by atoms with E-state index in [4.69, 9.17) is 5.73 Å². The van der Waals surface area contributed by atoms with Crippen LogP contribution in [-0.2, 0) is 0 Å². The number of nitrogens with two attached hydrogens (primary N) is 1. The minimum Gasteiger partial charge on any atom is -0.399 e. The molecule has 16 heavy (non-hydrogen) atoms. The highest BCUT2D eigenvalue weighted by atomic mass is 15.0. The second-order valence-electron chi connectivity index (χ2n) is 3.75. The standard InChI is InChI=1S/C13H15N3/c1-10(11-5-3-2-4-6-11)16-13-9-12(14)7-8-15-13/h2-10H,1H3,(H3,14,15,16)/t10-/m0/s1. The third-order valence-electron chi connectivity index (χ3n) is 2.45. The van der Waals surface area contributed by atoms with E-state index < -0.39 is 0 Å². The number of nitrogen functional groups attached to an aromatic ring is 1. The van der Waals surface area contributed by atoms with Gasteiger partial charge < -0.3 is 11.1 Å². The van der Waals surface area contributed by atoms with Crippen molar-refractivity contribution in [3.63, 3.8) is 0 Å². The molecule has 0 unspecified atom stereocenters. The van der Waals surface area contributed by atoms with Gasteiger partial charge in [-0.15, -0.1) is 0 Å². The molecule has 2 rings (SSSR count). The summed E-state index contributed by atoms with van der Waals surface area (Å²) in [5.74, 6) is 0.802. The highest BCUT2D eigenvalue weighted by molar-refractivity contribution is 5.49. The van der Waals surface area contributed by atoms with E-state index in [1.165, 1.54) is 5.56 Å². The predicted molar refractivity (Wildman–Crippen MR) is 67.1 cm³/mol. The summed E-state index contributed by atoms with van der Waals surface area (Å²) in [6.07, 6.45) is 1.70. The van der Waals surface area contributed by atoms with E-state index in [1.807, 2.05) is 24.3 Å². The van der Waals surface area contributed by atoms with Crippen molar-refractivity contribution in [2.75, 3.05) is 11.1 Å². The fourth-order valence-electron chi connectivity index (χ4n) is 1.57. The van der Waals surface area contributed by atoms with Crippen LogP contribution in [0.15, 0.2) is 48.7 Å². The maximum atomic E-state index is 5.69. The second-order valence-corrected chi connectivity index (χ2v) is 3.75. The Labute approximate surface area is 95.3 Å². The number of aromatic nitrogens is 1. The molecule has 0 radical (unpaired) electrons. The predicted octanol–water partition coefficient (Wildman–Crippen LogP) is 2.84. The summed E-state index contributed by atoms with van der Waals surface area (Å²) in [6.45, 7) is 2.10. The molecule has 1 atom stereocenters. The van der Waals surface area contributed by atoms with Crippen LogP contribution in [0.1, 0.15) is 18.5 Å². The summed E-state index contributed by atoms with van der Waals surface area (Å²) in [5, 5.41) is 3.31. The number of hydrogen-bond acceptors (Lipinski definition) is 3. The molecule has 3 nitrogen and oxygen atoms in total. The lowest BCUT2D eigenvalue weighted by atomic mass is 10.1. The number of nitrogens with zero attached hydrogens (tertiary/aromatic N) is 1. The monoisotopic (exact) mass is 213 g/mol. The van der Waals surface area contributed by atoms with Gasteiger partial charge in [0.2, 0.25) is 0 Å². The van der Waals surface area contributed by atoms with Gasteiger partial charge in [-0.2, -0.15) is 0 Å². The summed E-state index contributed by atoms with van der Waals surface area (Å²) in [5.41, 5.74) is 7.64. The molecule has 2 aromatic rings. The second kappa shape index (κ2) is 4.66. The van der Waals surface area contributed by atoms with Crippen molar-refractivity contribution in [1.29, 1.82) is 0 Å². The molecule has 1 aromatic carbocycles. The van der Waals surface area contributed by atoms with Crippen molar-refractivity contribution >= 4 is 11.5 Å². The van der Waals surface area contributed by atoms with Gasteiger partial charge in [-0.1, -0.05) is 30.3 Å². The lowest BCUT2D eigenvalue weighted by Crippen LogP contribution is -2.07. The fourth-order valence-corrected chi connectivity index (χ4v) is 1.57. The largest absolute Gasteiger partial charge is 0.399 e. The first-order valence-electron chi connectivity index (χ1n) is 5.29. The molecular formula is C13H15N3. The Morgan fingerprint density at radius 3 is 2.62 bits per heavy atom. The molecule has 3 N–H and O–H groups in total. The zero-order chi connectivity index (χ0) is 11.4. The van der Waals surface area contributed by atoms with Crippen molar-refractivity contribution in [3.05, 3.63) is 54.2 Å². The number of nitrogens with one attached hydrogen (secondary N) is 1. The normalized spacial score (nSPS) is 12.1. The van der Waals surface area contributed by atoms with Crippen LogP contribution in [0.2, 0.25) is 0 Å². The Morgan fingerprint density at radius 1 is 1.19 bits per heavy atom. The molecule has 1 aromatic heterocycles. The molecule has 0 aliphatic carbocycles. The van der Waals surface area contributed by atoms with Gasteiger partial charge in [-0.25, -0.2) is 4.98 Å². The lowest BCUT2D eigenvalue weighted by Gasteiger charge is -2.14. The van der Waals surface area contributed by atoms with Gasteiger partial charge in [0.15, 0.2) is 0 Å². The lowest BCUT2D eigenvalue weighted by molar-refractivity contribution is 0.875. The van der Waals surface area contributed by atoms with Crippen molar-refractivity contribution < 1.29 is 0 Å². The van der Waals surface area contributed by atoms with E-state index in [0.29, 0.717) is 0 Å². The Morgan fingerprint density at radius 2 is 1.94 bits per heavy atom. The molecule has 0 fully saturated rings. The van der Waals surface area contributed by atoms with Gasteiger partial charge in [-0.3, -0.25) is 0 Å². The molecule has 3 heteroatoms. The van der Waals surface area contributed by atoms with E-state index in [2.05, 4.69) is 29.4 Å². The van der Waals surface area contributed by atoms with Crippen LogP contribution in [0.3, 0.4) is 0 Å². The molecule has 0 bridgehead atoms. The van der Waals surface area contributed by atoms with Gasteiger partial charge in [-0.05, 0) is 18.6 Å². The minimum absolute atomic E-state index is 0.218. The highest BCUT2D eigenvalue weighted by Crippen LogP contribution is 2.18. The molecule has 0 saturated heterocycles. The first kappa shape index (κ1) is 10.5. The van der Waals surface area contributed by atoms with E-state index >= 15 is 0 Å². The number of hydrogen-bond donors (Lipinski definition) is 2. The van der Waals surface area contributed by atoms with E-state index in [9.17, 15) is 0 Å². The van der Waals surface area contributed by atoms with Crippen molar-refractivity contribution in [2.24, 2.45) is 0 Å². The summed E-state index contributed by atoms with van der Waals surface area (Å²) in [4.78, 5) is 4.21. The zero-order valence-electron chi connectivity index (χ0n) is 9.22. The van der Waals surface area contributed by atoms with Gasteiger partial charge in [0, 0.05) is 24.0 Å². The summed E-state index contributed by atoms with van der Waals surface area (Å²) in [6, 6.07) is 14.1. The number of rotatable bonds is 3. The highest BCUT2D eigenvalue weighted by Gasteiger charge is 2.04. The molecule has 0 amide bonds. The maximum Gasteiger partial charge on any atom is 0.128 e. The molecule has 82 valence electrons. The summed E-state index contributed by atoms with van der Waals surface area (Å²) < 4.78 is 0. The average Bonchev–Trinajstić information content (AvgIpc) is 2.30. The quantitative estimate of drug-likeness (QED) is 0.824. The number of benzene rings is 1. The number of anilines is 2. The molecule has 0 saturated carbocycles. The number of pyridine rings is 1. The van der Waals surface area contributed by atoms with Crippen LogP contribution in [0.25, 0.3) is 0 Å². The van der Waals surface area contributed by atoms with E-state index in [0.717, 1.165) is 11.5 Å². The van der Waals surface area contributed by atoms with Crippen molar-refractivity contribution in [1.82, 2.24) is 4.98 Å². The topological polar surface area (TPSA) is 50.9 Å². The first-order valence-corrected chi connectivity index (χ1v) is 5.29. The Bertz CT molecular complexity index is 454. The molecule has 1 heterocycles. The third-order valence-corrected chi connectivity index (χ3v) is 2.45. The summed E-state index contributed by atoms with van der Waals surface area (Å²) in [7, 11) is 0. The zero-order valence-corrected chi connectivity index (χ0v) is 9.22. The third kappa shape index (κ3) is 2.51. The van der Waals surface area contributed by atoms with Gasteiger partial charge in [0.1, 0.15) is 5.82 Å². The maximum absolute atomic E-state index is 5.69. The van der Waals surface area contributed by atoms with E-state index in [-0.39, 0.29) is 6.04 Å². The van der Waals surface area contributed by atoms with Gasteiger partial charge in [0.25, 0.3) is 0 Å². The SMILES string of the molecule is C[C@H](Nc1cc(N)ccn1)c1ccccc1. The minimum atomic E-state index is 0.218. The summed E-state index contributed by atoms with van der Waals surface area (Å²) >= 11 is 0. The Balaban J connectivity index is 2.11. The smallest absolute Gasteiger partial charge is 0.128 e. The van der Waals surface area contributed by atoms with Gasteiger partial charge >= 0.3 is 0 Å². The molecule has 0 aliphatic rings. The molecular weight excluding hydrogens is 198 g/mol. The fraction of sp³-hybridized carbons (Fsp3) is 0.154. The van der Waals surface area contributed by atoms with Crippen LogP contribution in [-0.4, -0.2) is 4.98 Å². The Kier molecular flexibility index (Phi) is 3.05. The van der Waals surface area contributed by atoms with Crippen LogP contribution in [0.5, 0.6) is 0 Å².